The fourth-order valence-electron chi connectivity index (χ4n) is 2.54. The molecule has 20 heavy (non-hydrogen) atoms. The van der Waals surface area contributed by atoms with Crippen molar-refractivity contribution in [3.8, 4) is 11.4 Å². The summed E-state index contributed by atoms with van der Waals surface area (Å²) >= 11 is 0. The predicted octanol–water partition coefficient (Wildman–Crippen LogP) is 2.04. The standard InChI is InChI=1S/C14H14FN3O2/c1-8-2-4-11(15)10(6-8)13-17-16-12-5-3-9(14(19)20)7-18(12)13/h2,4,6,9H,3,5,7H2,1H3,(H,19,20). The first-order chi connectivity index (χ1) is 9.56. The first-order valence-electron chi connectivity index (χ1n) is 6.47. The van der Waals surface area contributed by atoms with Crippen LogP contribution >= 0.6 is 0 Å². The maximum atomic E-state index is 14.0. The van der Waals surface area contributed by atoms with E-state index < -0.39 is 11.9 Å². The van der Waals surface area contributed by atoms with Gasteiger partial charge in [0.2, 0.25) is 0 Å². The Bertz CT molecular complexity index is 681. The van der Waals surface area contributed by atoms with Crippen molar-refractivity contribution < 1.29 is 14.3 Å². The molecule has 0 aliphatic carbocycles. The van der Waals surface area contributed by atoms with Crippen molar-refractivity contribution in [2.75, 3.05) is 0 Å². The second-order valence-corrected chi connectivity index (χ2v) is 5.11. The Morgan fingerprint density at radius 2 is 2.25 bits per heavy atom. The quantitative estimate of drug-likeness (QED) is 0.910. The number of carboxylic acids is 1. The molecule has 0 bridgehead atoms. The molecule has 3 rings (SSSR count). The molecule has 0 fully saturated rings. The number of aliphatic carboxylic acids is 1. The summed E-state index contributed by atoms with van der Waals surface area (Å²) < 4.78 is 15.7. The largest absolute Gasteiger partial charge is 0.481 e. The lowest BCUT2D eigenvalue weighted by Crippen LogP contribution is -2.27. The van der Waals surface area contributed by atoms with Crippen LogP contribution in [0.15, 0.2) is 18.2 Å². The fraction of sp³-hybridized carbons (Fsp3) is 0.357. The van der Waals surface area contributed by atoms with Crippen LogP contribution in [0.2, 0.25) is 0 Å². The fourth-order valence-corrected chi connectivity index (χ4v) is 2.54. The van der Waals surface area contributed by atoms with Gasteiger partial charge in [-0.05, 0) is 25.5 Å². The molecule has 0 saturated heterocycles. The highest BCUT2D eigenvalue weighted by molar-refractivity contribution is 5.70. The van der Waals surface area contributed by atoms with E-state index in [2.05, 4.69) is 10.2 Å². The summed E-state index contributed by atoms with van der Waals surface area (Å²) in [4.78, 5) is 11.1. The molecule has 2 aromatic rings. The van der Waals surface area contributed by atoms with Crippen LogP contribution in [-0.2, 0) is 17.8 Å². The minimum atomic E-state index is -0.833. The number of halogens is 1. The Hall–Kier alpha value is -2.24. The Balaban J connectivity index is 2.07. The molecule has 1 aliphatic rings. The van der Waals surface area contributed by atoms with E-state index in [4.69, 9.17) is 5.11 Å². The monoisotopic (exact) mass is 275 g/mol. The van der Waals surface area contributed by atoms with Gasteiger partial charge < -0.3 is 9.67 Å². The SMILES string of the molecule is Cc1ccc(F)c(-c2nnc3n2CC(C(=O)O)CC3)c1. The van der Waals surface area contributed by atoms with Gasteiger partial charge in [0.1, 0.15) is 11.6 Å². The van der Waals surface area contributed by atoms with Crippen LogP contribution in [0.3, 0.4) is 0 Å². The highest BCUT2D eigenvalue weighted by Gasteiger charge is 2.28. The molecule has 0 radical (unpaired) electrons. The smallest absolute Gasteiger partial charge is 0.308 e. The van der Waals surface area contributed by atoms with Crippen LogP contribution in [0.4, 0.5) is 4.39 Å². The van der Waals surface area contributed by atoms with E-state index in [1.165, 1.54) is 6.07 Å². The van der Waals surface area contributed by atoms with E-state index in [0.29, 0.717) is 30.8 Å². The third-order valence-corrected chi connectivity index (χ3v) is 3.66. The summed E-state index contributed by atoms with van der Waals surface area (Å²) in [6, 6.07) is 4.78. The highest BCUT2D eigenvalue weighted by atomic mass is 19.1. The lowest BCUT2D eigenvalue weighted by atomic mass is 9.99. The molecule has 0 spiro atoms. The maximum Gasteiger partial charge on any atom is 0.308 e. The zero-order chi connectivity index (χ0) is 14.3. The lowest BCUT2D eigenvalue weighted by molar-refractivity contribution is -0.142. The molecular weight excluding hydrogens is 261 g/mol. The molecule has 1 atom stereocenters. The van der Waals surface area contributed by atoms with Crippen molar-refractivity contribution in [1.82, 2.24) is 14.8 Å². The van der Waals surface area contributed by atoms with Crippen LogP contribution < -0.4 is 0 Å². The summed E-state index contributed by atoms with van der Waals surface area (Å²) in [6.45, 7) is 2.16. The molecule has 1 unspecified atom stereocenters. The van der Waals surface area contributed by atoms with Gasteiger partial charge in [-0.25, -0.2) is 4.39 Å². The zero-order valence-corrected chi connectivity index (χ0v) is 11.0. The average molecular weight is 275 g/mol. The van der Waals surface area contributed by atoms with Gasteiger partial charge in [0.15, 0.2) is 5.82 Å². The van der Waals surface area contributed by atoms with E-state index in [1.807, 2.05) is 6.92 Å². The number of carboxylic acid groups (broad SMARTS) is 1. The van der Waals surface area contributed by atoms with E-state index in [-0.39, 0.29) is 5.82 Å². The van der Waals surface area contributed by atoms with Gasteiger partial charge in [-0.1, -0.05) is 11.6 Å². The lowest BCUT2D eigenvalue weighted by Gasteiger charge is -2.21. The van der Waals surface area contributed by atoms with Gasteiger partial charge >= 0.3 is 5.97 Å². The Morgan fingerprint density at radius 1 is 1.45 bits per heavy atom. The second kappa shape index (κ2) is 4.70. The minimum absolute atomic E-state index is 0.292. The first kappa shape index (κ1) is 12.8. The van der Waals surface area contributed by atoms with Crippen molar-refractivity contribution in [2.24, 2.45) is 5.92 Å². The minimum Gasteiger partial charge on any atom is -0.481 e. The van der Waals surface area contributed by atoms with Gasteiger partial charge in [0.25, 0.3) is 0 Å². The molecule has 1 aromatic carbocycles. The van der Waals surface area contributed by atoms with Crippen molar-refractivity contribution in [1.29, 1.82) is 0 Å². The van der Waals surface area contributed by atoms with Crippen molar-refractivity contribution in [3.63, 3.8) is 0 Å². The summed E-state index contributed by atoms with van der Waals surface area (Å²) in [6.07, 6.45) is 1.10. The van der Waals surface area contributed by atoms with Gasteiger partial charge in [0, 0.05) is 13.0 Å². The zero-order valence-electron chi connectivity index (χ0n) is 11.0. The Morgan fingerprint density at radius 3 is 3.00 bits per heavy atom. The topological polar surface area (TPSA) is 68.0 Å². The molecular formula is C14H14FN3O2. The summed E-state index contributed by atoms with van der Waals surface area (Å²) in [7, 11) is 0. The van der Waals surface area contributed by atoms with Crippen LogP contribution in [0.25, 0.3) is 11.4 Å². The number of hydrogen-bond donors (Lipinski definition) is 1. The summed E-state index contributed by atoms with van der Waals surface area (Å²) in [5.41, 5.74) is 1.29. The molecule has 1 aromatic heterocycles. The predicted molar refractivity (Wildman–Crippen MR) is 69.6 cm³/mol. The van der Waals surface area contributed by atoms with Gasteiger partial charge in [-0.3, -0.25) is 4.79 Å². The summed E-state index contributed by atoms with van der Waals surface area (Å²) in [5.74, 6) is -0.543. The third-order valence-electron chi connectivity index (χ3n) is 3.66. The molecule has 1 aliphatic heterocycles. The van der Waals surface area contributed by atoms with Crippen LogP contribution in [0.5, 0.6) is 0 Å². The van der Waals surface area contributed by atoms with Crippen LogP contribution in [0, 0.1) is 18.7 Å². The van der Waals surface area contributed by atoms with E-state index in [9.17, 15) is 9.18 Å². The van der Waals surface area contributed by atoms with Crippen molar-refractivity contribution in [2.45, 2.75) is 26.3 Å². The molecule has 5 nitrogen and oxygen atoms in total. The number of rotatable bonds is 2. The average Bonchev–Trinajstić information content (AvgIpc) is 2.84. The number of aryl methyl sites for hydroxylation is 2. The van der Waals surface area contributed by atoms with Gasteiger partial charge in [-0.2, -0.15) is 0 Å². The number of fused-ring (bicyclic) bond motifs is 1. The maximum absolute atomic E-state index is 14.0. The van der Waals surface area contributed by atoms with Crippen molar-refractivity contribution >= 4 is 5.97 Å². The first-order valence-corrected chi connectivity index (χ1v) is 6.47. The molecule has 2 heterocycles. The van der Waals surface area contributed by atoms with Crippen LogP contribution in [0.1, 0.15) is 17.8 Å². The third kappa shape index (κ3) is 2.07. The number of benzene rings is 1. The molecule has 0 amide bonds. The molecule has 6 heteroatoms. The Kier molecular flexibility index (Phi) is 3.00. The normalized spacial score (nSPS) is 17.8. The van der Waals surface area contributed by atoms with E-state index >= 15 is 0 Å². The molecule has 0 saturated carbocycles. The van der Waals surface area contributed by atoms with E-state index in [0.717, 1.165) is 11.4 Å². The summed E-state index contributed by atoms with van der Waals surface area (Å²) in [5, 5.41) is 17.2. The molecule has 104 valence electrons. The van der Waals surface area contributed by atoms with Crippen LogP contribution in [-0.4, -0.2) is 25.8 Å². The highest BCUT2D eigenvalue weighted by Crippen LogP contribution is 2.28. The van der Waals surface area contributed by atoms with E-state index in [1.54, 1.807) is 16.7 Å². The number of carbonyl (C=O) groups is 1. The van der Waals surface area contributed by atoms with Gasteiger partial charge in [-0.15, -0.1) is 10.2 Å². The van der Waals surface area contributed by atoms with Crippen molar-refractivity contribution in [3.05, 3.63) is 35.4 Å². The Labute approximate surface area is 115 Å². The second-order valence-electron chi connectivity index (χ2n) is 5.11. The molecule has 1 N–H and O–H groups in total. The number of hydrogen-bond acceptors (Lipinski definition) is 3. The number of nitrogens with zero attached hydrogens (tertiary/aromatic N) is 3. The number of aromatic nitrogens is 3. The van der Waals surface area contributed by atoms with Gasteiger partial charge in [0.05, 0.1) is 11.5 Å².